The van der Waals surface area contributed by atoms with Crippen molar-refractivity contribution in [1.29, 1.82) is 0 Å². The number of rotatable bonds is 5. The molecule has 118 valence electrons. The summed E-state index contributed by atoms with van der Waals surface area (Å²) in [6.07, 6.45) is 1.69. The van der Waals surface area contributed by atoms with Crippen LogP contribution in [0.2, 0.25) is 0 Å². The molecular weight excluding hydrogens is 284 g/mol. The monoisotopic (exact) mass is 304 g/mol. The molecule has 5 nitrogen and oxygen atoms in total. The molecule has 1 saturated heterocycles. The molecule has 0 bridgehead atoms. The smallest absolute Gasteiger partial charge is 0.338 e. The molecule has 1 heterocycles. The summed E-state index contributed by atoms with van der Waals surface area (Å²) in [5.41, 5.74) is 1.50. The second-order valence-corrected chi connectivity index (χ2v) is 5.42. The molecule has 1 aliphatic heterocycles. The number of benzene rings is 1. The minimum Gasteiger partial charge on any atom is -0.462 e. The number of hydrogen-bond donors (Lipinski definition) is 0. The Morgan fingerprint density at radius 3 is 2.59 bits per heavy atom. The molecule has 5 heteroatoms. The van der Waals surface area contributed by atoms with E-state index in [0.29, 0.717) is 17.9 Å². The molecule has 0 aliphatic carbocycles. The van der Waals surface area contributed by atoms with Crippen molar-refractivity contribution in [3.63, 3.8) is 0 Å². The number of hydrogen-bond acceptors (Lipinski definition) is 5. The summed E-state index contributed by atoms with van der Waals surface area (Å²) in [4.78, 5) is 23.0. The predicted molar refractivity (Wildman–Crippen MR) is 80.5 cm³/mol. The van der Waals surface area contributed by atoms with Gasteiger partial charge in [-0.05, 0) is 32.4 Å². The van der Waals surface area contributed by atoms with Crippen LogP contribution in [0, 0.1) is 6.92 Å². The van der Waals surface area contributed by atoms with Crippen LogP contribution in [-0.4, -0.2) is 25.2 Å². The quantitative estimate of drug-likeness (QED) is 0.362. The van der Waals surface area contributed by atoms with Crippen LogP contribution in [0.4, 0.5) is 0 Å². The number of ether oxygens (including phenoxy) is 3. The molecule has 0 N–H and O–H groups in total. The predicted octanol–water partition coefficient (Wildman–Crippen LogP) is 2.66. The van der Waals surface area contributed by atoms with Crippen LogP contribution < -0.4 is 4.74 Å². The molecule has 0 saturated carbocycles. The van der Waals surface area contributed by atoms with E-state index in [4.69, 9.17) is 14.2 Å². The summed E-state index contributed by atoms with van der Waals surface area (Å²) in [6, 6.07) is 5.54. The van der Waals surface area contributed by atoms with Crippen molar-refractivity contribution in [2.24, 2.45) is 0 Å². The van der Waals surface area contributed by atoms with Gasteiger partial charge in [0.15, 0.2) is 5.60 Å². The van der Waals surface area contributed by atoms with E-state index in [1.165, 1.54) is 6.92 Å². The lowest BCUT2D eigenvalue weighted by Crippen LogP contribution is -2.21. The molecule has 1 aromatic rings. The highest BCUT2D eigenvalue weighted by Gasteiger charge is 2.50. The van der Waals surface area contributed by atoms with Crippen molar-refractivity contribution in [2.75, 3.05) is 13.2 Å². The summed E-state index contributed by atoms with van der Waals surface area (Å²) in [6.45, 7) is 7.27. The Balaban J connectivity index is 2.28. The molecule has 22 heavy (non-hydrogen) atoms. The normalized spacial score (nSPS) is 20.5. The van der Waals surface area contributed by atoms with Crippen LogP contribution in [0.1, 0.15) is 31.9 Å². The van der Waals surface area contributed by atoms with Crippen LogP contribution in [0.15, 0.2) is 29.8 Å². The molecule has 0 unspecified atom stereocenters. The Labute approximate surface area is 129 Å². The molecule has 0 spiro atoms. The molecule has 0 amide bonds. The van der Waals surface area contributed by atoms with Crippen molar-refractivity contribution in [3.8, 4) is 5.75 Å². The zero-order valence-electron chi connectivity index (χ0n) is 13.3. The Morgan fingerprint density at radius 1 is 1.36 bits per heavy atom. The van der Waals surface area contributed by atoms with Crippen LogP contribution in [0.25, 0.3) is 0 Å². The lowest BCUT2D eigenvalue weighted by Gasteiger charge is -2.17. The number of carbonyl (C=O) groups excluding carboxylic acids is 2. The fourth-order valence-corrected chi connectivity index (χ4v) is 2.01. The fourth-order valence-electron chi connectivity index (χ4n) is 2.01. The van der Waals surface area contributed by atoms with Crippen LogP contribution in [-0.2, 0) is 24.7 Å². The first kappa shape index (κ1) is 16.2. The first-order valence-electron chi connectivity index (χ1n) is 7.11. The van der Waals surface area contributed by atoms with Crippen molar-refractivity contribution < 1.29 is 23.8 Å². The highest BCUT2D eigenvalue weighted by atomic mass is 16.6. The van der Waals surface area contributed by atoms with Gasteiger partial charge in [-0.3, -0.25) is 4.79 Å². The van der Waals surface area contributed by atoms with Gasteiger partial charge in [0.25, 0.3) is 0 Å². The summed E-state index contributed by atoms with van der Waals surface area (Å²) < 4.78 is 16.0. The zero-order valence-corrected chi connectivity index (χ0v) is 13.3. The van der Waals surface area contributed by atoms with Crippen molar-refractivity contribution in [3.05, 3.63) is 41.0 Å². The van der Waals surface area contributed by atoms with Gasteiger partial charge >= 0.3 is 11.9 Å². The third kappa shape index (κ3) is 3.54. The minimum absolute atomic E-state index is 0.110. The molecular formula is C17H20O5. The van der Waals surface area contributed by atoms with E-state index in [-0.39, 0.29) is 12.6 Å². The maximum Gasteiger partial charge on any atom is 0.338 e. The summed E-state index contributed by atoms with van der Waals surface area (Å²) >= 11 is 0. The molecule has 2 rings (SSSR count). The number of aryl methyl sites for hydroxylation is 1. The standard InChI is InChI=1S/C17H20O5/c1-5-12(3)16(19)22-15-8-11(2)6-7-14(15)17(10-21-17)9-20-13(4)18/h5-8H,9-10H2,1-4H3/b12-5+/t17-/m0/s1. The third-order valence-corrected chi connectivity index (χ3v) is 3.59. The summed E-state index contributed by atoms with van der Waals surface area (Å²) in [5, 5.41) is 0. The molecule has 1 aliphatic rings. The van der Waals surface area contributed by atoms with Gasteiger partial charge < -0.3 is 14.2 Å². The summed E-state index contributed by atoms with van der Waals surface area (Å²) in [7, 11) is 0. The Bertz CT molecular complexity index is 626. The SMILES string of the molecule is C/C=C(\C)C(=O)Oc1cc(C)ccc1[C@]1(COC(C)=O)CO1. The molecule has 1 aromatic carbocycles. The van der Waals surface area contributed by atoms with Gasteiger partial charge in [-0.2, -0.15) is 0 Å². The third-order valence-electron chi connectivity index (χ3n) is 3.59. The average molecular weight is 304 g/mol. The number of epoxide rings is 1. The lowest BCUT2D eigenvalue weighted by atomic mass is 9.98. The van der Waals surface area contributed by atoms with E-state index in [9.17, 15) is 9.59 Å². The van der Waals surface area contributed by atoms with E-state index < -0.39 is 11.6 Å². The molecule has 1 fully saturated rings. The molecule has 0 radical (unpaired) electrons. The average Bonchev–Trinajstić information content (AvgIpc) is 3.25. The van der Waals surface area contributed by atoms with Gasteiger partial charge in [-0.1, -0.05) is 18.2 Å². The van der Waals surface area contributed by atoms with E-state index in [1.54, 1.807) is 26.0 Å². The van der Waals surface area contributed by atoms with Gasteiger partial charge in [0, 0.05) is 18.1 Å². The second-order valence-electron chi connectivity index (χ2n) is 5.42. The van der Waals surface area contributed by atoms with E-state index in [2.05, 4.69) is 0 Å². The largest absolute Gasteiger partial charge is 0.462 e. The van der Waals surface area contributed by atoms with E-state index >= 15 is 0 Å². The molecule has 0 aromatic heterocycles. The second kappa shape index (κ2) is 6.32. The number of esters is 2. The minimum atomic E-state index is -0.710. The van der Waals surface area contributed by atoms with Gasteiger partial charge in [0.1, 0.15) is 12.4 Å². The van der Waals surface area contributed by atoms with Crippen LogP contribution in [0.3, 0.4) is 0 Å². The van der Waals surface area contributed by atoms with Crippen molar-refractivity contribution in [2.45, 2.75) is 33.3 Å². The zero-order chi connectivity index (χ0) is 16.3. The van der Waals surface area contributed by atoms with E-state index in [1.807, 2.05) is 19.1 Å². The Hall–Kier alpha value is -2.14. The Kier molecular flexibility index (Phi) is 4.66. The highest BCUT2D eigenvalue weighted by molar-refractivity contribution is 5.89. The van der Waals surface area contributed by atoms with E-state index in [0.717, 1.165) is 11.1 Å². The van der Waals surface area contributed by atoms with Crippen molar-refractivity contribution >= 4 is 11.9 Å². The number of carbonyl (C=O) groups is 2. The lowest BCUT2D eigenvalue weighted by molar-refractivity contribution is -0.143. The van der Waals surface area contributed by atoms with Crippen LogP contribution in [0.5, 0.6) is 5.75 Å². The first-order chi connectivity index (χ1) is 10.4. The van der Waals surface area contributed by atoms with Gasteiger partial charge in [-0.25, -0.2) is 4.79 Å². The fraction of sp³-hybridized carbons (Fsp3) is 0.412. The van der Waals surface area contributed by atoms with Crippen molar-refractivity contribution in [1.82, 2.24) is 0 Å². The Morgan fingerprint density at radius 2 is 2.05 bits per heavy atom. The van der Waals surface area contributed by atoms with Gasteiger partial charge in [0.2, 0.25) is 0 Å². The maximum atomic E-state index is 12.0. The highest BCUT2D eigenvalue weighted by Crippen LogP contribution is 2.44. The molecule has 1 atom stereocenters. The maximum absolute atomic E-state index is 12.0. The van der Waals surface area contributed by atoms with Crippen LogP contribution >= 0.6 is 0 Å². The number of allylic oxidation sites excluding steroid dienone is 1. The first-order valence-corrected chi connectivity index (χ1v) is 7.11. The van der Waals surface area contributed by atoms with Gasteiger partial charge in [-0.15, -0.1) is 0 Å². The van der Waals surface area contributed by atoms with Gasteiger partial charge in [0.05, 0.1) is 6.61 Å². The topological polar surface area (TPSA) is 65.1 Å². The summed E-state index contributed by atoms with van der Waals surface area (Å²) in [5.74, 6) is -0.334.